The maximum atomic E-state index is 11.4. The van der Waals surface area contributed by atoms with E-state index in [0.717, 1.165) is 15.5 Å². The van der Waals surface area contributed by atoms with Crippen molar-refractivity contribution in [3.63, 3.8) is 0 Å². The fourth-order valence-electron chi connectivity index (χ4n) is 2.30. The minimum atomic E-state index is -0.415. The molecule has 0 spiro atoms. The van der Waals surface area contributed by atoms with Gasteiger partial charge in [0, 0.05) is 23.9 Å². The van der Waals surface area contributed by atoms with Gasteiger partial charge in [0.15, 0.2) is 5.75 Å². The molecule has 2 aromatic carbocycles. The Balaban J connectivity index is 2.39. The Kier molecular flexibility index (Phi) is 3.35. The monoisotopic (exact) mass is 300 g/mol. The molecule has 3 rings (SSSR count). The van der Waals surface area contributed by atoms with E-state index in [2.05, 4.69) is 0 Å². The number of benzene rings is 2. The quantitative estimate of drug-likeness (QED) is 0.532. The zero-order valence-electron chi connectivity index (χ0n) is 11.5. The van der Waals surface area contributed by atoms with Crippen molar-refractivity contribution in [2.75, 3.05) is 0 Å². The van der Waals surface area contributed by atoms with Crippen LogP contribution in [0, 0.1) is 0 Å². The highest BCUT2D eigenvalue weighted by molar-refractivity contribution is 7.17. The first kappa shape index (κ1) is 13.6. The van der Waals surface area contributed by atoms with Crippen molar-refractivity contribution in [2.24, 2.45) is 0 Å². The van der Waals surface area contributed by atoms with Crippen molar-refractivity contribution in [2.45, 2.75) is 13.8 Å². The van der Waals surface area contributed by atoms with Crippen LogP contribution in [0.15, 0.2) is 35.7 Å². The molecule has 0 aliphatic heterocycles. The number of ether oxygens (including phenoxy) is 2. The summed E-state index contributed by atoms with van der Waals surface area (Å²) in [5.41, 5.74) is 0. The molecular formula is C16H12O4S. The zero-order chi connectivity index (χ0) is 15.0. The van der Waals surface area contributed by atoms with E-state index in [1.165, 1.54) is 13.8 Å². The number of carbonyl (C=O) groups excluding carboxylic acids is 2. The second kappa shape index (κ2) is 5.18. The summed E-state index contributed by atoms with van der Waals surface area (Å²) in [5.74, 6) is 0.00627. The van der Waals surface area contributed by atoms with Crippen LogP contribution in [0.3, 0.4) is 0 Å². The van der Waals surface area contributed by atoms with Crippen molar-refractivity contribution in [1.29, 1.82) is 0 Å². The normalized spacial score (nSPS) is 10.8. The molecule has 1 aromatic heterocycles. The van der Waals surface area contributed by atoms with Crippen LogP contribution >= 0.6 is 11.3 Å². The Hall–Kier alpha value is -2.40. The van der Waals surface area contributed by atoms with E-state index in [1.54, 1.807) is 23.5 Å². The highest BCUT2D eigenvalue weighted by Gasteiger charge is 2.16. The minimum Gasteiger partial charge on any atom is -0.426 e. The number of hydrogen-bond donors (Lipinski definition) is 0. The van der Waals surface area contributed by atoms with Crippen molar-refractivity contribution in [3.05, 3.63) is 35.7 Å². The highest BCUT2D eigenvalue weighted by atomic mass is 32.1. The average molecular weight is 300 g/mol. The molecule has 0 aliphatic rings. The van der Waals surface area contributed by atoms with Gasteiger partial charge in [-0.05, 0) is 29.0 Å². The third-order valence-electron chi connectivity index (χ3n) is 3.01. The van der Waals surface area contributed by atoms with Crippen LogP contribution in [0.1, 0.15) is 13.8 Å². The summed E-state index contributed by atoms with van der Waals surface area (Å²) in [6, 6.07) is 9.28. The van der Waals surface area contributed by atoms with Gasteiger partial charge in [-0.3, -0.25) is 9.59 Å². The molecule has 4 nitrogen and oxygen atoms in total. The number of carbonyl (C=O) groups is 2. The Labute approximate surface area is 124 Å². The van der Waals surface area contributed by atoms with E-state index in [9.17, 15) is 9.59 Å². The molecule has 0 fully saturated rings. The minimum absolute atomic E-state index is 0.393. The predicted molar refractivity (Wildman–Crippen MR) is 81.9 cm³/mol. The van der Waals surface area contributed by atoms with Crippen molar-refractivity contribution in [1.82, 2.24) is 0 Å². The molecule has 0 N–H and O–H groups in total. The molecule has 0 saturated carbocycles. The smallest absolute Gasteiger partial charge is 0.308 e. The lowest BCUT2D eigenvalue weighted by Crippen LogP contribution is -2.05. The molecule has 21 heavy (non-hydrogen) atoms. The number of thiophene rings is 1. The van der Waals surface area contributed by atoms with Gasteiger partial charge in [-0.25, -0.2) is 0 Å². The standard InChI is InChI=1S/C16H12O4S/c1-9(17)19-13-5-3-4-11-8-14-12(6-7-21-14)16(15(11)13)20-10(2)18/h3-8H,1-2H3. The first-order chi connectivity index (χ1) is 10.1. The lowest BCUT2D eigenvalue weighted by Gasteiger charge is -2.12. The van der Waals surface area contributed by atoms with Crippen LogP contribution in [0.2, 0.25) is 0 Å². The van der Waals surface area contributed by atoms with Crippen molar-refractivity contribution < 1.29 is 19.1 Å². The molecule has 0 unspecified atom stereocenters. The first-order valence-electron chi connectivity index (χ1n) is 6.36. The third kappa shape index (κ3) is 2.48. The number of rotatable bonds is 2. The Morgan fingerprint density at radius 3 is 2.52 bits per heavy atom. The summed E-state index contributed by atoms with van der Waals surface area (Å²) in [4.78, 5) is 22.7. The first-order valence-corrected chi connectivity index (χ1v) is 7.24. The molecular weight excluding hydrogens is 288 g/mol. The Morgan fingerprint density at radius 1 is 1.05 bits per heavy atom. The summed E-state index contributed by atoms with van der Waals surface area (Å²) in [5, 5.41) is 4.26. The molecule has 0 saturated heterocycles. The van der Waals surface area contributed by atoms with Crippen LogP contribution in [0.4, 0.5) is 0 Å². The average Bonchev–Trinajstić information content (AvgIpc) is 2.85. The summed E-state index contributed by atoms with van der Waals surface area (Å²) in [6.07, 6.45) is 0. The summed E-state index contributed by atoms with van der Waals surface area (Å²) in [7, 11) is 0. The van der Waals surface area contributed by atoms with Crippen molar-refractivity contribution in [3.8, 4) is 11.5 Å². The third-order valence-corrected chi connectivity index (χ3v) is 3.88. The van der Waals surface area contributed by atoms with Gasteiger partial charge in [-0.2, -0.15) is 0 Å². The van der Waals surface area contributed by atoms with Gasteiger partial charge >= 0.3 is 11.9 Å². The molecule has 5 heteroatoms. The van der Waals surface area contributed by atoms with Crippen molar-refractivity contribution >= 4 is 44.1 Å². The fraction of sp³-hybridized carbons (Fsp3) is 0.125. The van der Waals surface area contributed by atoms with Gasteiger partial charge < -0.3 is 9.47 Å². The van der Waals surface area contributed by atoms with Crippen LogP contribution in [-0.4, -0.2) is 11.9 Å². The van der Waals surface area contributed by atoms with E-state index in [4.69, 9.17) is 9.47 Å². The molecule has 1 heterocycles. The van der Waals surface area contributed by atoms with Gasteiger partial charge in [0.2, 0.25) is 0 Å². The number of fused-ring (bicyclic) bond motifs is 2. The largest absolute Gasteiger partial charge is 0.426 e. The summed E-state index contributed by atoms with van der Waals surface area (Å²) < 4.78 is 11.7. The van der Waals surface area contributed by atoms with E-state index in [1.807, 2.05) is 23.6 Å². The van der Waals surface area contributed by atoms with Crippen LogP contribution in [0.25, 0.3) is 20.9 Å². The molecule has 106 valence electrons. The lowest BCUT2D eigenvalue weighted by atomic mass is 10.1. The van der Waals surface area contributed by atoms with Gasteiger partial charge in [0.1, 0.15) is 5.75 Å². The maximum Gasteiger partial charge on any atom is 0.308 e. The Bertz CT molecular complexity index is 863. The van der Waals surface area contributed by atoms with E-state index >= 15 is 0 Å². The molecule has 0 aliphatic carbocycles. The van der Waals surface area contributed by atoms with Gasteiger partial charge in [0.05, 0.1) is 5.39 Å². The lowest BCUT2D eigenvalue weighted by molar-refractivity contribution is -0.132. The summed E-state index contributed by atoms with van der Waals surface area (Å²) >= 11 is 1.56. The van der Waals surface area contributed by atoms with Gasteiger partial charge in [-0.1, -0.05) is 12.1 Å². The molecule has 0 amide bonds. The second-order valence-corrected chi connectivity index (χ2v) is 5.53. The predicted octanol–water partition coefficient (Wildman–Crippen LogP) is 3.91. The molecule has 0 atom stereocenters. The maximum absolute atomic E-state index is 11.4. The SMILES string of the molecule is CC(=O)Oc1cccc2cc3sccc3c(OC(C)=O)c12. The second-order valence-electron chi connectivity index (χ2n) is 4.58. The van der Waals surface area contributed by atoms with E-state index < -0.39 is 11.9 Å². The fourth-order valence-corrected chi connectivity index (χ4v) is 3.13. The van der Waals surface area contributed by atoms with Gasteiger partial charge in [0.25, 0.3) is 0 Å². The van der Waals surface area contributed by atoms with Crippen LogP contribution < -0.4 is 9.47 Å². The summed E-state index contributed by atoms with van der Waals surface area (Å²) in [6.45, 7) is 2.69. The Morgan fingerprint density at radius 2 is 1.81 bits per heavy atom. The topological polar surface area (TPSA) is 52.6 Å². The van der Waals surface area contributed by atoms with E-state index in [0.29, 0.717) is 16.9 Å². The van der Waals surface area contributed by atoms with Gasteiger partial charge in [-0.15, -0.1) is 11.3 Å². The molecule has 3 aromatic rings. The highest BCUT2D eigenvalue weighted by Crippen LogP contribution is 2.42. The molecule has 0 bridgehead atoms. The number of esters is 2. The molecule has 0 radical (unpaired) electrons. The van der Waals surface area contributed by atoms with E-state index in [-0.39, 0.29) is 0 Å². The van der Waals surface area contributed by atoms with Crippen LogP contribution in [-0.2, 0) is 9.59 Å². The number of hydrogen-bond acceptors (Lipinski definition) is 5. The van der Waals surface area contributed by atoms with Crippen LogP contribution in [0.5, 0.6) is 11.5 Å². The zero-order valence-corrected chi connectivity index (χ0v) is 12.3.